The predicted molar refractivity (Wildman–Crippen MR) is 592 cm³/mol. The highest BCUT2D eigenvalue weighted by Crippen LogP contribution is 2.48. The van der Waals surface area contributed by atoms with Crippen molar-refractivity contribution in [2.45, 2.75) is 0 Å². The molecule has 144 heavy (non-hydrogen) atoms. The number of nitriles is 2. The highest BCUT2D eigenvalue weighted by molar-refractivity contribution is 6.20. The Bertz CT molecular complexity index is 10300. The molecule has 27 aromatic rings. The van der Waals surface area contributed by atoms with E-state index in [1.54, 1.807) is 0 Å². The zero-order chi connectivity index (χ0) is 96.6. The van der Waals surface area contributed by atoms with Crippen LogP contribution in [0.25, 0.3) is 251 Å². The van der Waals surface area contributed by atoms with E-state index in [0.29, 0.717) is 33.9 Å². The van der Waals surface area contributed by atoms with Crippen molar-refractivity contribution < 1.29 is 0 Å². The monoisotopic (exact) mass is 1830 g/mol. The van der Waals surface area contributed by atoms with Crippen molar-refractivity contribution in [1.29, 1.82) is 10.5 Å². The molecule has 0 aliphatic carbocycles. The van der Waals surface area contributed by atoms with Gasteiger partial charge >= 0.3 is 0 Å². The van der Waals surface area contributed by atoms with Gasteiger partial charge in [-0.25, -0.2) is 19.4 Å². The maximum absolute atomic E-state index is 9.79. The first kappa shape index (κ1) is 85.1. The summed E-state index contributed by atoms with van der Waals surface area (Å²) in [6.45, 7) is 30.0. The number of fused-ring (bicyclic) bond motifs is 18. The second-order valence-corrected chi connectivity index (χ2v) is 36.0. The maximum atomic E-state index is 9.79. The van der Waals surface area contributed by atoms with Crippen LogP contribution in [0.4, 0.5) is 22.7 Å². The van der Waals surface area contributed by atoms with Crippen molar-refractivity contribution in [2.75, 3.05) is 0 Å². The smallest absolute Gasteiger partial charge is 0.188 e. The molecule has 666 valence electrons. The molecule has 6 aromatic heterocycles. The quantitative estimate of drug-likeness (QED) is 0.114. The average molecular weight is 1830 g/mol. The van der Waals surface area contributed by atoms with Gasteiger partial charge in [-0.05, 0) is 265 Å². The Morgan fingerprint density at radius 2 is 0.410 bits per heavy atom. The SMILES string of the molecule is [C-]#[N+]c1ccc(-c2cccc(-n3c4ccccc4c4c(-c5cccc(-n6c7ccccc7c7cc([N+]#[C-])ccc76)c5)cccc43)c2)cc1.[C-]#[N+]c1ccc2c(c1)c1ccccc1n2-c1cccc(-c2cccc3c2c2ccccc2n3-c2cccc(-c3cccc(C#N)c3)c2)c1.[C-]#[N+]c1ccc2c(c1)c1ccccc1n2-c1cccc(-c2cccc3c2c2ccccc2n3-c2cccc(-c3ccccc3C#N)c2)c1. The molecule has 27 rings (SSSR count). The molecule has 0 saturated carbocycles. The zero-order valence-electron chi connectivity index (χ0n) is 77.4. The predicted octanol–water partition coefficient (Wildman–Crippen LogP) is 35.6. The van der Waals surface area contributed by atoms with Crippen LogP contribution in [0.15, 0.2) is 473 Å². The van der Waals surface area contributed by atoms with Crippen molar-refractivity contribution in [3.05, 3.63) is 530 Å². The van der Waals surface area contributed by atoms with Crippen molar-refractivity contribution in [3.8, 4) is 113 Å². The Morgan fingerprint density at radius 1 is 0.167 bits per heavy atom. The molecule has 0 fully saturated rings. The van der Waals surface area contributed by atoms with E-state index in [1.165, 1.54) is 43.4 Å². The molecule has 12 heteroatoms. The van der Waals surface area contributed by atoms with Gasteiger partial charge in [-0.3, -0.25) is 0 Å². The molecule has 0 aliphatic heterocycles. The molecule has 12 nitrogen and oxygen atoms in total. The Kier molecular flexibility index (Phi) is 21.0. The van der Waals surface area contributed by atoms with Crippen LogP contribution in [0.1, 0.15) is 11.1 Å². The molecule has 0 spiro atoms. The number of aromatic nitrogens is 6. The summed E-state index contributed by atoms with van der Waals surface area (Å²) in [5.74, 6) is 0. The third kappa shape index (κ3) is 14.4. The van der Waals surface area contributed by atoms with Crippen LogP contribution in [-0.4, -0.2) is 27.4 Å². The molecule has 0 aliphatic rings. The van der Waals surface area contributed by atoms with Crippen LogP contribution in [0.3, 0.4) is 0 Å². The minimum absolute atomic E-state index is 0.640. The number of benzene rings is 21. The van der Waals surface area contributed by atoms with E-state index in [1.807, 2.05) is 103 Å². The molecule has 0 radical (unpaired) electrons. The molecule has 0 atom stereocenters. The lowest BCUT2D eigenvalue weighted by molar-refractivity contribution is 1.18. The van der Waals surface area contributed by atoms with E-state index in [4.69, 9.17) is 26.3 Å². The lowest BCUT2D eigenvalue weighted by Gasteiger charge is -2.12. The lowest BCUT2D eigenvalue weighted by atomic mass is 9.99. The first-order valence-electron chi connectivity index (χ1n) is 47.6. The summed E-state index contributed by atoms with van der Waals surface area (Å²) >= 11 is 0. The van der Waals surface area contributed by atoms with Crippen molar-refractivity contribution in [2.24, 2.45) is 0 Å². The van der Waals surface area contributed by atoms with Gasteiger partial charge in [0.05, 0.1) is 116 Å². The number of hydrogen-bond donors (Lipinski definition) is 0. The van der Waals surface area contributed by atoms with Gasteiger partial charge in [0.2, 0.25) is 0 Å². The number of para-hydroxylation sites is 6. The van der Waals surface area contributed by atoms with Crippen LogP contribution >= 0.6 is 0 Å². The summed E-state index contributed by atoms with van der Waals surface area (Å²) in [5.41, 5.74) is 36.8. The fourth-order valence-corrected chi connectivity index (χ4v) is 21.8. The molecule has 0 unspecified atom stereocenters. The Morgan fingerprint density at radius 3 is 0.750 bits per heavy atom. The summed E-state index contributed by atoms with van der Waals surface area (Å²) in [6, 6.07) is 169. The van der Waals surface area contributed by atoms with Crippen LogP contribution in [0.5, 0.6) is 0 Å². The van der Waals surface area contributed by atoms with Crippen molar-refractivity contribution in [3.63, 3.8) is 0 Å². The van der Waals surface area contributed by atoms with Gasteiger partial charge in [0.15, 0.2) is 22.7 Å². The summed E-state index contributed by atoms with van der Waals surface area (Å²) in [7, 11) is 0. The van der Waals surface area contributed by atoms with Gasteiger partial charge in [-0.1, -0.05) is 291 Å². The van der Waals surface area contributed by atoms with Crippen molar-refractivity contribution in [1.82, 2.24) is 27.4 Å². The van der Waals surface area contributed by atoms with E-state index in [0.717, 1.165) is 188 Å². The van der Waals surface area contributed by atoms with E-state index in [2.05, 4.69) is 429 Å². The summed E-state index contributed by atoms with van der Waals surface area (Å²) in [5, 5.41) is 33.1. The molecule has 0 bridgehead atoms. The highest BCUT2D eigenvalue weighted by atomic mass is 15.0. The van der Waals surface area contributed by atoms with Crippen molar-refractivity contribution >= 4 is 154 Å². The number of nitrogens with zero attached hydrogens (tertiary/aromatic N) is 12. The molecule has 6 heterocycles. The molecule has 21 aromatic carbocycles. The van der Waals surface area contributed by atoms with Gasteiger partial charge in [0, 0.05) is 82.6 Å². The Labute approximate surface area is 828 Å². The molecular formula is C132H78N12. The normalized spacial score (nSPS) is 11.3. The van der Waals surface area contributed by atoms with Crippen LogP contribution in [-0.2, 0) is 0 Å². The van der Waals surface area contributed by atoms with Gasteiger partial charge < -0.3 is 27.4 Å². The van der Waals surface area contributed by atoms with E-state index in [9.17, 15) is 10.5 Å². The summed E-state index contributed by atoms with van der Waals surface area (Å²) in [6.07, 6.45) is 0. The lowest BCUT2D eigenvalue weighted by Crippen LogP contribution is -1.95. The van der Waals surface area contributed by atoms with E-state index in [-0.39, 0.29) is 0 Å². The zero-order valence-corrected chi connectivity index (χ0v) is 77.4. The standard InChI is InChI=1S/3C44H26N4/c1-45-32-22-20-29(21-23-32)30-10-7-12-34(26-30)48-41-18-6-4-15-38(41)44-36(16-9-19-43(44)48)31-11-8-13-35(27-31)47-40-17-5-3-14-37(40)39-28-33(46-2)24-25-42(39)47;1-46-33-22-23-42-39(27-33)37-16-2-4-19-40(37)47(42)35-15-8-13-32(26-35)36-18-9-21-43-44(36)38-17-3-5-20-41(38)48(43)34-14-7-12-31(25-34)30-11-6-10-29(24-30)28-45;1-46-32-23-24-42-39(27-32)37-17-4-6-20-40(37)47(42)33-14-9-13-30(26-33)36-19-10-22-43-44(36)38-18-5-7-21-41(38)48(43)34-15-8-12-29(25-34)35-16-3-2-11-31(35)28-45/h3-28H;2*2-27H. The topological polar surface area (TPSA) is 94.6 Å². The van der Waals surface area contributed by atoms with Crippen LogP contribution in [0, 0.1) is 49.0 Å². The van der Waals surface area contributed by atoms with Crippen LogP contribution in [0.2, 0.25) is 0 Å². The Hall–Kier alpha value is -20.6. The van der Waals surface area contributed by atoms with Gasteiger partial charge in [0.25, 0.3) is 0 Å². The fourth-order valence-electron chi connectivity index (χ4n) is 21.8. The van der Waals surface area contributed by atoms with E-state index >= 15 is 0 Å². The fraction of sp³-hybridized carbons (Fsp3) is 0. The maximum Gasteiger partial charge on any atom is 0.188 e. The largest absolute Gasteiger partial charge is 0.309 e. The van der Waals surface area contributed by atoms with E-state index < -0.39 is 0 Å². The second kappa shape index (κ2) is 35.5. The average Bonchev–Trinajstić information content (AvgIpc) is 1.57. The third-order valence-electron chi connectivity index (χ3n) is 28.0. The minimum Gasteiger partial charge on any atom is -0.309 e. The highest BCUT2D eigenvalue weighted by Gasteiger charge is 2.25. The third-order valence-corrected chi connectivity index (χ3v) is 28.0. The second-order valence-electron chi connectivity index (χ2n) is 36.0. The number of hydrogen-bond acceptors (Lipinski definition) is 2. The Balaban J connectivity index is 0.000000113. The number of rotatable bonds is 12. The minimum atomic E-state index is 0.640. The molecule has 0 saturated heterocycles. The van der Waals surface area contributed by atoms with Gasteiger partial charge in [-0.2, -0.15) is 10.5 Å². The summed E-state index contributed by atoms with van der Waals surface area (Å²) < 4.78 is 13.9. The molecule has 0 N–H and O–H groups in total. The van der Waals surface area contributed by atoms with Gasteiger partial charge in [0.1, 0.15) is 0 Å². The van der Waals surface area contributed by atoms with Gasteiger partial charge in [-0.15, -0.1) is 0 Å². The molecule has 0 amide bonds. The summed E-state index contributed by atoms with van der Waals surface area (Å²) in [4.78, 5) is 14.6. The first-order valence-corrected chi connectivity index (χ1v) is 47.6. The van der Waals surface area contributed by atoms with Crippen LogP contribution < -0.4 is 0 Å². The molecular weight excluding hydrogens is 1750 g/mol. The first-order chi connectivity index (χ1) is 71.2.